The molecule has 0 aromatic carbocycles. The molecule has 0 bridgehead atoms. The van der Waals surface area contributed by atoms with Crippen LogP contribution in [0.5, 0.6) is 0 Å². The molecule has 1 amide bonds. The van der Waals surface area contributed by atoms with Crippen molar-refractivity contribution in [3.05, 3.63) is 0 Å². The zero-order valence-corrected chi connectivity index (χ0v) is 20.0. The SMILES string of the molecule is CN=C(NCCCOCC1CCOC1)NCCCN1CCN(C(=O)OC(C)(C)C)CC1. The molecule has 9 heteroatoms. The van der Waals surface area contributed by atoms with Gasteiger partial charge in [0, 0.05) is 65.4 Å². The molecule has 2 heterocycles. The van der Waals surface area contributed by atoms with Gasteiger partial charge in [0.25, 0.3) is 0 Å². The number of rotatable bonds is 10. The normalized spacial score (nSPS) is 20.7. The van der Waals surface area contributed by atoms with E-state index in [1.165, 1.54) is 0 Å². The summed E-state index contributed by atoms with van der Waals surface area (Å²) in [5.41, 5.74) is -0.440. The number of nitrogens with one attached hydrogen (secondary N) is 2. The van der Waals surface area contributed by atoms with E-state index in [0.29, 0.717) is 5.92 Å². The van der Waals surface area contributed by atoms with Crippen LogP contribution in [0.15, 0.2) is 4.99 Å². The minimum Gasteiger partial charge on any atom is -0.444 e. The number of carbonyl (C=O) groups is 1. The van der Waals surface area contributed by atoms with Gasteiger partial charge in [-0.1, -0.05) is 0 Å². The second-order valence-corrected chi connectivity index (χ2v) is 9.25. The Hall–Kier alpha value is -1.58. The van der Waals surface area contributed by atoms with Crippen molar-refractivity contribution < 1.29 is 19.0 Å². The van der Waals surface area contributed by atoms with Crippen molar-refractivity contribution in [2.24, 2.45) is 10.9 Å². The molecule has 2 saturated heterocycles. The molecule has 2 fully saturated rings. The van der Waals surface area contributed by atoms with Crippen molar-refractivity contribution in [1.29, 1.82) is 0 Å². The van der Waals surface area contributed by atoms with Crippen LogP contribution in [0.2, 0.25) is 0 Å². The monoisotopic (exact) mass is 441 g/mol. The minimum absolute atomic E-state index is 0.207. The molecule has 2 aliphatic rings. The van der Waals surface area contributed by atoms with Gasteiger partial charge in [-0.25, -0.2) is 4.79 Å². The van der Waals surface area contributed by atoms with Crippen LogP contribution in [-0.4, -0.2) is 107 Å². The van der Waals surface area contributed by atoms with Crippen molar-refractivity contribution in [3.8, 4) is 0 Å². The first-order chi connectivity index (χ1) is 14.9. The standard InChI is InChI=1S/C22H43N5O4/c1-22(2,3)31-21(28)27-13-11-26(12-14-27)10-5-8-24-20(23-4)25-9-6-15-29-17-19-7-16-30-18-19/h19H,5-18H2,1-4H3,(H2,23,24,25). The summed E-state index contributed by atoms with van der Waals surface area (Å²) in [6, 6.07) is 0. The van der Waals surface area contributed by atoms with Crippen LogP contribution in [-0.2, 0) is 14.2 Å². The summed E-state index contributed by atoms with van der Waals surface area (Å²) in [5.74, 6) is 1.40. The second kappa shape index (κ2) is 13.8. The molecule has 2 rings (SSSR count). The first kappa shape index (κ1) is 25.7. The van der Waals surface area contributed by atoms with Gasteiger partial charge >= 0.3 is 6.09 Å². The Kier molecular flexibility index (Phi) is 11.4. The number of ether oxygens (including phenoxy) is 3. The Balaban J connectivity index is 1.46. The predicted octanol–water partition coefficient (Wildman–Crippen LogP) is 1.54. The Morgan fingerprint density at radius 1 is 1.13 bits per heavy atom. The number of amides is 1. The molecule has 1 atom stereocenters. The molecule has 0 aromatic heterocycles. The molecule has 9 nitrogen and oxygen atoms in total. The molecule has 31 heavy (non-hydrogen) atoms. The van der Waals surface area contributed by atoms with Gasteiger partial charge in [-0.2, -0.15) is 0 Å². The van der Waals surface area contributed by atoms with Crippen LogP contribution in [0.4, 0.5) is 4.79 Å². The highest BCUT2D eigenvalue weighted by molar-refractivity contribution is 5.79. The third kappa shape index (κ3) is 11.0. The first-order valence-electron chi connectivity index (χ1n) is 11.7. The minimum atomic E-state index is -0.440. The number of hydrogen-bond donors (Lipinski definition) is 2. The molecular weight excluding hydrogens is 398 g/mol. The third-order valence-electron chi connectivity index (χ3n) is 5.33. The van der Waals surface area contributed by atoms with Gasteiger partial charge in [0.15, 0.2) is 5.96 Å². The fraction of sp³-hybridized carbons (Fsp3) is 0.909. The van der Waals surface area contributed by atoms with Crippen LogP contribution in [0.1, 0.15) is 40.0 Å². The van der Waals surface area contributed by atoms with Gasteiger partial charge in [0.2, 0.25) is 0 Å². The van der Waals surface area contributed by atoms with Gasteiger partial charge in [-0.3, -0.25) is 9.89 Å². The largest absolute Gasteiger partial charge is 0.444 e. The Morgan fingerprint density at radius 3 is 2.45 bits per heavy atom. The van der Waals surface area contributed by atoms with E-state index in [4.69, 9.17) is 14.2 Å². The number of carbonyl (C=O) groups excluding carboxylic acids is 1. The van der Waals surface area contributed by atoms with Crippen molar-refractivity contribution in [2.45, 2.75) is 45.6 Å². The molecule has 1 unspecified atom stereocenters. The lowest BCUT2D eigenvalue weighted by Crippen LogP contribution is -2.50. The van der Waals surface area contributed by atoms with Gasteiger partial charge in [-0.15, -0.1) is 0 Å². The van der Waals surface area contributed by atoms with Gasteiger partial charge in [-0.05, 0) is 46.6 Å². The molecule has 2 N–H and O–H groups in total. The van der Waals surface area contributed by atoms with E-state index in [1.54, 1.807) is 11.9 Å². The molecular formula is C22H43N5O4. The van der Waals surface area contributed by atoms with E-state index in [2.05, 4.69) is 20.5 Å². The summed E-state index contributed by atoms with van der Waals surface area (Å²) >= 11 is 0. The van der Waals surface area contributed by atoms with Crippen LogP contribution in [0, 0.1) is 5.92 Å². The van der Waals surface area contributed by atoms with Crippen molar-refractivity contribution in [3.63, 3.8) is 0 Å². The zero-order valence-electron chi connectivity index (χ0n) is 20.0. The van der Waals surface area contributed by atoms with Crippen LogP contribution < -0.4 is 10.6 Å². The van der Waals surface area contributed by atoms with E-state index in [1.807, 2.05) is 20.8 Å². The summed E-state index contributed by atoms with van der Waals surface area (Å²) in [5, 5.41) is 6.70. The number of nitrogens with zero attached hydrogens (tertiary/aromatic N) is 3. The van der Waals surface area contributed by atoms with E-state index in [-0.39, 0.29) is 6.09 Å². The highest BCUT2D eigenvalue weighted by atomic mass is 16.6. The molecule has 180 valence electrons. The number of piperazine rings is 1. The van der Waals surface area contributed by atoms with Crippen molar-refractivity contribution in [1.82, 2.24) is 20.4 Å². The van der Waals surface area contributed by atoms with Crippen molar-refractivity contribution in [2.75, 3.05) is 79.3 Å². The van der Waals surface area contributed by atoms with Crippen LogP contribution in [0.25, 0.3) is 0 Å². The topological polar surface area (TPSA) is 87.7 Å². The summed E-state index contributed by atoms with van der Waals surface area (Å²) in [7, 11) is 1.79. The Labute approximate surface area is 187 Å². The summed E-state index contributed by atoms with van der Waals surface area (Å²) in [6.07, 6.45) is 2.89. The smallest absolute Gasteiger partial charge is 0.410 e. The molecule has 0 radical (unpaired) electrons. The Bertz CT molecular complexity index is 539. The van der Waals surface area contributed by atoms with Crippen LogP contribution in [0.3, 0.4) is 0 Å². The summed E-state index contributed by atoms with van der Waals surface area (Å²) in [4.78, 5) is 20.6. The van der Waals surface area contributed by atoms with E-state index >= 15 is 0 Å². The molecule has 2 aliphatic heterocycles. The number of guanidine groups is 1. The summed E-state index contributed by atoms with van der Waals surface area (Å²) < 4.78 is 16.5. The van der Waals surface area contributed by atoms with Crippen LogP contribution >= 0.6 is 0 Å². The highest BCUT2D eigenvalue weighted by Crippen LogP contribution is 2.13. The predicted molar refractivity (Wildman–Crippen MR) is 123 cm³/mol. The molecule has 0 aliphatic carbocycles. The maximum Gasteiger partial charge on any atom is 0.410 e. The fourth-order valence-corrected chi connectivity index (χ4v) is 3.56. The maximum absolute atomic E-state index is 12.1. The average Bonchev–Trinajstić information content (AvgIpc) is 3.24. The van der Waals surface area contributed by atoms with Gasteiger partial charge in [0.1, 0.15) is 5.60 Å². The molecule has 0 aromatic rings. The van der Waals surface area contributed by atoms with Gasteiger partial charge in [0.05, 0.1) is 13.2 Å². The van der Waals surface area contributed by atoms with Gasteiger partial charge < -0.3 is 29.7 Å². The van der Waals surface area contributed by atoms with E-state index in [9.17, 15) is 4.79 Å². The lowest BCUT2D eigenvalue weighted by Gasteiger charge is -2.35. The maximum atomic E-state index is 12.1. The second-order valence-electron chi connectivity index (χ2n) is 9.25. The quantitative estimate of drug-likeness (QED) is 0.302. The molecule has 0 spiro atoms. The summed E-state index contributed by atoms with van der Waals surface area (Å²) in [6.45, 7) is 14.9. The average molecular weight is 442 g/mol. The highest BCUT2D eigenvalue weighted by Gasteiger charge is 2.25. The van der Waals surface area contributed by atoms with E-state index in [0.717, 1.165) is 97.5 Å². The number of hydrogen-bond acceptors (Lipinski definition) is 6. The zero-order chi connectivity index (χ0) is 22.5. The third-order valence-corrected chi connectivity index (χ3v) is 5.33. The lowest BCUT2D eigenvalue weighted by atomic mass is 10.1. The van der Waals surface area contributed by atoms with Crippen molar-refractivity contribution >= 4 is 12.1 Å². The molecule has 0 saturated carbocycles. The van der Waals surface area contributed by atoms with E-state index < -0.39 is 5.60 Å². The number of aliphatic imine (C=N–C) groups is 1. The Morgan fingerprint density at radius 2 is 1.84 bits per heavy atom. The first-order valence-corrected chi connectivity index (χ1v) is 11.7. The fourth-order valence-electron chi connectivity index (χ4n) is 3.56. The lowest BCUT2D eigenvalue weighted by molar-refractivity contribution is 0.0145.